The average Bonchev–Trinajstić information content (AvgIpc) is 2.93. The number of benzene rings is 1. The SMILES string of the molecule is C[C@H](OC(=O)[C@@H]1CCC(=O)N1)C(=O)Nc1ccc(C(F)(F)F)cc1. The molecular weight excluding hydrogens is 329 g/mol. The number of hydrogen-bond acceptors (Lipinski definition) is 4. The molecule has 0 aromatic heterocycles. The van der Waals surface area contributed by atoms with Crippen molar-refractivity contribution in [1.82, 2.24) is 5.32 Å². The van der Waals surface area contributed by atoms with Crippen molar-refractivity contribution in [3.8, 4) is 0 Å². The van der Waals surface area contributed by atoms with Gasteiger partial charge in [-0.25, -0.2) is 4.79 Å². The molecule has 0 bridgehead atoms. The van der Waals surface area contributed by atoms with Gasteiger partial charge in [-0.3, -0.25) is 9.59 Å². The summed E-state index contributed by atoms with van der Waals surface area (Å²) in [6.07, 6.45) is -5.11. The summed E-state index contributed by atoms with van der Waals surface area (Å²) >= 11 is 0. The first kappa shape index (κ1) is 17.8. The lowest BCUT2D eigenvalue weighted by molar-refractivity contribution is -0.155. The summed E-state index contributed by atoms with van der Waals surface area (Å²) < 4.78 is 42.3. The molecule has 1 aromatic carbocycles. The van der Waals surface area contributed by atoms with Crippen LogP contribution in [0.2, 0.25) is 0 Å². The number of nitrogens with one attached hydrogen (secondary N) is 2. The van der Waals surface area contributed by atoms with E-state index in [1.165, 1.54) is 6.92 Å². The highest BCUT2D eigenvalue weighted by atomic mass is 19.4. The molecule has 1 aliphatic heterocycles. The Hall–Kier alpha value is -2.58. The smallest absolute Gasteiger partial charge is 0.416 e. The predicted octanol–water partition coefficient (Wildman–Crippen LogP) is 1.85. The zero-order valence-electron chi connectivity index (χ0n) is 12.6. The predicted molar refractivity (Wildman–Crippen MR) is 76.8 cm³/mol. The maximum atomic E-state index is 12.5. The van der Waals surface area contributed by atoms with Gasteiger partial charge in [-0.1, -0.05) is 0 Å². The number of carbonyl (C=O) groups is 3. The van der Waals surface area contributed by atoms with Crippen LogP contribution in [0.3, 0.4) is 0 Å². The van der Waals surface area contributed by atoms with Crippen molar-refractivity contribution in [2.24, 2.45) is 0 Å². The van der Waals surface area contributed by atoms with E-state index < -0.39 is 35.8 Å². The minimum absolute atomic E-state index is 0.144. The van der Waals surface area contributed by atoms with Gasteiger partial charge in [0.1, 0.15) is 6.04 Å². The van der Waals surface area contributed by atoms with Crippen LogP contribution < -0.4 is 10.6 Å². The van der Waals surface area contributed by atoms with Crippen molar-refractivity contribution in [3.63, 3.8) is 0 Å². The second kappa shape index (κ2) is 6.90. The second-order valence-corrected chi connectivity index (χ2v) is 5.30. The summed E-state index contributed by atoms with van der Waals surface area (Å²) in [5.41, 5.74) is -0.693. The minimum Gasteiger partial charge on any atom is -0.451 e. The number of rotatable bonds is 4. The van der Waals surface area contributed by atoms with E-state index in [0.717, 1.165) is 24.3 Å². The van der Waals surface area contributed by atoms with Crippen molar-refractivity contribution in [1.29, 1.82) is 0 Å². The van der Waals surface area contributed by atoms with E-state index in [1.54, 1.807) is 0 Å². The molecule has 2 rings (SSSR count). The van der Waals surface area contributed by atoms with Crippen molar-refractivity contribution in [2.75, 3.05) is 5.32 Å². The van der Waals surface area contributed by atoms with Gasteiger partial charge in [0.05, 0.1) is 5.56 Å². The van der Waals surface area contributed by atoms with E-state index in [0.29, 0.717) is 6.42 Å². The van der Waals surface area contributed by atoms with Gasteiger partial charge >= 0.3 is 12.1 Å². The molecule has 2 atom stereocenters. The van der Waals surface area contributed by atoms with Gasteiger partial charge in [0.15, 0.2) is 6.10 Å². The number of halogens is 3. The molecule has 2 N–H and O–H groups in total. The molecule has 0 unspecified atom stereocenters. The van der Waals surface area contributed by atoms with Crippen LogP contribution in [0, 0.1) is 0 Å². The summed E-state index contributed by atoms with van der Waals surface area (Å²) in [6, 6.07) is 3.10. The van der Waals surface area contributed by atoms with Crippen molar-refractivity contribution in [2.45, 2.75) is 38.1 Å². The molecule has 1 saturated heterocycles. The van der Waals surface area contributed by atoms with Crippen LogP contribution in [0.25, 0.3) is 0 Å². The van der Waals surface area contributed by atoms with Gasteiger partial charge in [-0.05, 0) is 37.6 Å². The topological polar surface area (TPSA) is 84.5 Å². The molecule has 1 aromatic rings. The van der Waals surface area contributed by atoms with Gasteiger partial charge in [0, 0.05) is 12.1 Å². The Morgan fingerprint density at radius 3 is 2.42 bits per heavy atom. The molecule has 130 valence electrons. The second-order valence-electron chi connectivity index (χ2n) is 5.30. The van der Waals surface area contributed by atoms with Crippen LogP contribution in [0.1, 0.15) is 25.3 Å². The number of esters is 1. The van der Waals surface area contributed by atoms with E-state index in [9.17, 15) is 27.6 Å². The average molecular weight is 344 g/mol. The Labute approximate surface area is 135 Å². The molecule has 6 nitrogen and oxygen atoms in total. The highest BCUT2D eigenvalue weighted by molar-refractivity contribution is 5.96. The van der Waals surface area contributed by atoms with Crippen LogP contribution in [-0.2, 0) is 25.3 Å². The zero-order valence-corrected chi connectivity index (χ0v) is 12.6. The fourth-order valence-electron chi connectivity index (χ4n) is 2.09. The van der Waals surface area contributed by atoms with Gasteiger partial charge in [0.2, 0.25) is 5.91 Å². The Kier molecular flexibility index (Phi) is 5.10. The van der Waals surface area contributed by atoms with Crippen molar-refractivity contribution >= 4 is 23.5 Å². The first-order valence-corrected chi connectivity index (χ1v) is 7.15. The third kappa shape index (κ3) is 4.46. The minimum atomic E-state index is -4.46. The first-order chi connectivity index (χ1) is 11.2. The third-order valence-corrected chi connectivity index (χ3v) is 3.42. The lowest BCUT2D eigenvalue weighted by atomic mass is 10.2. The van der Waals surface area contributed by atoms with Gasteiger partial charge in [-0.15, -0.1) is 0 Å². The first-order valence-electron chi connectivity index (χ1n) is 7.15. The van der Waals surface area contributed by atoms with E-state index in [4.69, 9.17) is 4.74 Å². The summed E-state index contributed by atoms with van der Waals surface area (Å²) in [5, 5.41) is 4.77. The maximum Gasteiger partial charge on any atom is 0.416 e. The molecule has 24 heavy (non-hydrogen) atoms. The molecular formula is C15H15F3N2O4. The lowest BCUT2D eigenvalue weighted by Crippen LogP contribution is -2.39. The molecule has 9 heteroatoms. The van der Waals surface area contributed by atoms with Gasteiger partial charge in [0.25, 0.3) is 5.91 Å². The Morgan fingerprint density at radius 1 is 1.29 bits per heavy atom. The number of ether oxygens (including phenoxy) is 1. The van der Waals surface area contributed by atoms with E-state index in [2.05, 4.69) is 10.6 Å². The number of carbonyl (C=O) groups excluding carboxylic acids is 3. The molecule has 1 fully saturated rings. The fraction of sp³-hybridized carbons (Fsp3) is 0.400. The largest absolute Gasteiger partial charge is 0.451 e. The van der Waals surface area contributed by atoms with Crippen LogP contribution in [0.15, 0.2) is 24.3 Å². The van der Waals surface area contributed by atoms with Crippen LogP contribution >= 0.6 is 0 Å². The van der Waals surface area contributed by atoms with E-state index in [-0.39, 0.29) is 18.0 Å². The Morgan fingerprint density at radius 2 is 1.92 bits per heavy atom. The van der Waals surface area contributed by atoms with Gasteiger partial charge < -0.3 is 15.4 Å². The van der Waals surface area contributed by atoms with Crippen molar-refractivity contribution < 1.29 is 32.3 Å². The highest BCUT2D eigenvalue weighted by Crippen LogP contribution is 2.29. The summed E-state index contributed by atoms with van der Waals surface area (Å²) in [6.45, 7) is 1.33. The fourth-order valence-corrected chi connectivity index (χ4v) is 2.09. The molecule has 1 heterocycles. The van der Waals surface area contributed by atoms with Crippen molar-refractivity contribution in [3.05, 3.63) is 29.8 Å². The molecule has 0 radical (unpaired) electrons. The van der Waals surface area contributed by atoms with Crippen LogP contribution in [0.4, 0.5) is 18.9 Å². The molecule has 2 amide bonds. The number of hydrogen-bond donors (Lipinski definition) is 2. The standard InChI is InChI=1S/C15H15F3N2O4/c1-8(24-14(23)11-6-7-12(21)20-11)13(22)19-10-4-2-9(3-5-10)15(16,17)18/h2-5,8,11H,6-7H2,1H3,(H,19,22)(H,20,21)/t8-,11-/m0/s1. The molecule has 1 aliphatic rings. The Bertz CT molecular complexity index is 643. The zero-order chi connectivity index (χ0) is 17.9. The Balaban J connectivity index is 1.89. The molecule has 0 aliphatic carbocycles. The van der Waals surface area contributed by atoms with Crippen LogP contribution in [-0.4, -0.2) is 29.9 Å². The number of amides is 2. The lowest BCUT2D eigenvalue weighted by Gasteiger charge is -2.16. The quantitative estimate of drug-likeness (QED) is 0.817. The van der Waals surface area contributed by atoms with Crippen LogP contribution in [0.5, 0.6) is 0 Å². The van der Waals surface area contributed by atoms with E-state index in [1.807, 2.05) is 0 Å². The number of alkyl halides is 3. The summed E-state index contributed by atoms with van der Waals surface area (Å²) in [5.74, 6) is -1.68. The number of anilines is 1. The van der Waals surface area contributed by atoms with Gasteiger partial charge in [-0.2, -0.15) is 13.2 Å². The monoisotopic (exact) mass is 344 g/mol. The third-order valence-electron chi connectivity index (χ3n) is 3.42. The van der Waals surface area contributed by atoms with E-state index >= 15 is 0 Å². The summed E-state index contributed by atoms with van der Waals surface area (Å²) in [7, 11) is 0. The molecule has 0 saturated carbocycles. The normalized spacial score (nSPS) is 18.7. The maximum absolute atomic E-state index is 12.5. The summed E-state index contributed by atoms with van der Waals surface area (Å²) in [4.78, 5) is 34.7. The molecule has 0 spiro atoms. The highest BCUT2D eigenvalue weighted by Gasteiger charge is 2.31.